The molecule has 6 heteroatoms. The first-order chi connectivity index (χ1) is 8.91. The van der Waals surface area contributed by atoms with Crippen molar-refractivity contribution in [1.29, 1.82) is 0 Å². The van der Waals surface area contributed by atoms with Crippen LogP contribution in [0.4, 0.5) is 0 Å². The summed E-state index contributed by atoms with van der Waals surface area (Å²) in [5.74, 6) is -0.611. The minimum absolute atomic E-state index is 0.249. The van der Waals surface area contributed by atoms with Gasteiger partial charge in [-0.15, -0.1) is 0 Å². The lowest BCUT2D eigenvalue weighted by atomic mass is 9.99. The molecule has 0 spiro atoms. The van der Waals surface area contributed by atoms with Gasteiger partial charge < -0.3 is 5.73 Å². The summed E-state index contributed by atoms with van der Waals surface area (Å²) in [5.41, 5.74) is 6.43. The number of rotatable bonds is 2. The predicted molar refractivity (Wildman–Crippen MR) is 80.4 cm³/mol. The Morgan fingerprint density at radius 1 is 0.895 bits per heavy atom. The van der Waals surface area contributed by atoms with E-state index in [2.05, 4.69) is 0 Å². The molecule has 98 valence electrons. The summed E-state index contributed by atoms with van der Waals surface area (Å²) >= 11 is 24.3. The summed E-state index contributed by atoms with van der Waals surface area (Å²) in [7, 11) is 0. The SMILES string of the molecule is NC(=O)c1cccc(Cl)c1-c1c(Cl)cc(Cl)cc1Cl. The smallest absolute Gasteiger partial charge is 0.249 e. The number of carbonyl (C=O) groups excluding carboxylic acids is 1. The van der Waals surface area contributed by atoms with Gasteiger partial charge in [-0.3, -0.25) is 4.79 Å². The van der Waals surface area contributed by atoms with Crippen LogP contribution in [0.1, 0.15) is 10.4 Å². The molecule has 2 aromatic carbocycles. The molecule has 2 nitrogen and oxygen atoms in total. The lowest BCUT2D eigenvalue weighted by Crippen LogP contribution is -2.12. The Balaban J connectivity index is 2.83. The summed E-state index contributed by atoms with van der Waals surface area (Å²) in [6.07, 6.45) is 0. The molecule has 0 aliphatic rings. The molecule has 1 amide bonds. The number of hydrogen-bond donors (Lipinski definition) is 1. The van der Waals surface area contributed by atoms with Crippen molar-refractivity contribution in [3.8, 4) is 11.1 Å². The van der Waals surface area contributed by atoms with Crippen LogP contribution in [0, 0.1) is 0 Å². The number of carbonyl (C=O) groups is 1. The maximum Gasteiger partial charge on any atom is 0.249 e. The van der Waals surface area contributed by atoms with Crippen molar-refractivity contribution >= 4 is 52.3 Å². The lowest BCUT2D eigenvalue weighted by molar-refractivity contribution is 0.100. The van der Waals surface area contributed by atoms with Crippen LogP contribution in [0.25, 0.3) is 11.1 Å². The van der Waals surface area contributed by atoms with Gasteiger partial charge >= 0.3 is 0 Å². The molecule has 0 bridgehead atoms. The van der Waals surface area contributed by atoms with Crippen LogP contribution < -0.4 is 5.73 Å². The molecule has 0 aliphatic heterocycles. The fourth-order valence-electron chi connectivity index (χ4n) is 1.76. The van der Waals surface area contributed by atoms with Crippen LogP contribution in [0.2, 0.25) is 20.1 Å². The molecule has 0 fully saturated rings. The monoisotopic (exact) mass is 333 g/mol. The molecule has 0 unspecified atom stereocenters. The molecule has 0 aliphatic carbocycles. The van der Waals surface area contributed by atoms with Gasteiger partial charge in [0.1, 0.15) is 0 Å². The zero-order valence-corrected chi connectivity index (χ0v) is 12.4. The maximum atomic E-state index is 11.5. The van der Waals surface area contributed by atoms with Crippen molar-refractivity contribution in [1.82, 2.24) is 0 Å². The zero-order chi connectivity index (χ0) is 14.2. The van der Waals surface area contributed by atoms with Gasteiger partial charge in [-0.25, -0.2) is 0 Å². The minimum Gasteiger partial charge on any atom is -0.366 e. The van der Waals surface area contributed by atoms with Crippen molar-refractivity contribution < 1.29 is 4.79 Å². The second-order valence-corrected chi connectivity index (χ2v) is 5.43. The van der Waals surface area contributed by atoms with Crippen LogP contribution in [-0.4, -0.2) is 5.91 Å². The van der Waals surface area contributed by atoms with Gasteiger partial charge in [0.25, 0.3) is 0 Å². The molecular weight excluding hydrogens is 328 g/mol. The van der Waals surface area contributed by atoms with E-state index in [0.29, 0.717) is 31.2 Å². The van der Waals surface area contributed by atoms with Gasteiger partial charge in [0.15, 0.2) is 0 Å². The summed E-state index contributed by atoms with van der Waals surface area (Å²) in [5, 5.41) is 1.33. The molecule has 2 N–H and O–H groups in total. The van der Waals surface area contributed by atoms with E-state index >= 15 is 0 Å². The molecule has 2 rings (SSSR count). The molecule has 19 heavy (non-hydrogen) atoms. The topological polar surface area (TPSA) is 43.1 Å². The summed E-state index contributed by atoms with van der Waals surface area (Å²) in [6.45, 7) is 0. The standard InChI is InChI=1S/C13H7Cl4NO/c14-6-4-9(16)12(10(17)5-6)11-7(13(18)19)2-1-3-8(11)15/h1-5H,(H2,18,19). The molecule has 0 aromatic heterocycles. The van der Waals surface area contributed by atoms with E-state index in [-0.39, 0.29) is 5.56 Å². The largest absolute Gasteiger partial charge is 0.366 e. The van der Waals surface area contributed by atoms with Crippen molar-refractivity contribution in [2.24, 2.45) is 5.73 Å². The van der Waals surface area contributed by atoms with Gasteiger partial charge in [0.2, 0.25) is 5.91 Å². The summed E-state index contributed by atoms with van der Waals surface area (Å²) < 4.78 is 0. The lowest BCUT2D eigenvalue weighted by Gasteiger charge is -2.13. The number of benzene rings is 2. The van der Waals surface area contributed by atoms with E-state index in [4.69, 9.17) is 52.1 Å². The van der Waals surface area contributed by atoms with Gasteiger partial charge in [0.05, 0.1) is 10.0 Å². The van der Waals surface area contributed by atoms with E-state index in [0.717, 1.165) is 0 Å². The summed E-state index contributed by atoms with van der Waals surface area (Å²) in [6, 6.07) is 7.87. The Labute approximate surface area is 130 Å². The van der Waals surface area contributed by atoms with Crippen molar-refractivity contribution in [3.63, 3.8) is 0 Å². The highest BCUT2D eigenvalue weighted by molar-refractivity contribution is 6.43. The van der Waals surface area contributed by atoms with Crippen LogP contribution in [0.15, 0.2) is 30.3 Å². The predicted octanol–water partition coefficient (Wildman–Crippen LogP) is 5.07. The number of amides is 1. The third-order valence-corrected chi connectivity index (χ3v) is 3.67. The van der Waals surface area contributed by atoms with Gasteiger partial charge in [-0.2, -0.15) is 0 Å². The highest BCUT2D eigenvalue weighted by atomic mass is 35.5. The Kier molecular flexibility index (Phi) is 4.26. The third-order valence-electron chi connectivity index (χ3n) is 2.54. The fraction of sp³-hybridized carbons (Fsp3) is 0. The quantitative estimate of drug-likeness (QED) is 0.818. The normalized spacial score (nSPS) is 10.5. The number of hydrogen-bond acceptors (Lipinski definition) is 1. The Bertz CT molecular complexity index is 647. The Morgan fingerprint density at radius 2 is 1.47 bits per heavy atom. The number of halogens is 4. The average molecular weight is 335 g/mol. The van der Waals surface area contributed by atoms with Crippen molar-refractivity contribution in [3.05, 3.63) is 56.0 Å². The van der Waals surface area contributed by atoms with Crippen LogP contribution >= 0.6 is 46.4 Å². The first-order valence-corrected chi connectivity index (χ1v) is 6.66. The Hall–Kier alpha value is -0.930. The molecule has 0 heterocycles. The minimum atomic E-state index is -0.611. The van der Waals surface area contributed by atoms with Crippen LogP contribution in [0.5, 0.6) is 0 Å². The van der Waals surface area contributed by atoms with E-state index in [9.17, 15) is 4.79 Å². The average Bonchev–Trinajstić information content (AvgIpc) is 2.29. The number of nitrogens with two attached hydrogens (primary N) is 1. The van der Waals surface area contributed by atoms with Gasteiger partial charge in [-0.1, -0.05) is 52.5 Å². The van der Waals surface area contributed by atoms with Crippen molar-refractivity contribution in [2.45, 2.75) is 0 Å². The molecule has 2 aromatic rings. The molecular formula is C13H7Cl4NO. The molecule has 0 atom stereocenters. The van der Waals surface area contributed by atoms with E-state index in [1.54, 1.807) is 18.2 Å². The van der Waals surface area contributed by atoms with E-state index in [1.807, 2.05) is 0 Å². The number of primary amides is 1. The van der Waals surface area contributed by atoms with E-state index in [1.165, 1.54) is 12.1 Å². The highest BCUT2D eigenvalue weighted by Gasteiger charge is 2.19. The maximum absolute atomic E-state index is 11.5. The van der Waals surface area contributed by atoms with Crippen LogP contribution in [0.3, 0.4) is 0 Å². The fourth-order valence-corrected chi connectivity index (χ4v) is 3.04. The zero-order valence-electron chi connectivity index (χ0n) is 9.38. The summed E-state index contributed by atoms with van der Waals surface area (Å²) in [4.78, 5) is 11.5. The second-order valence-electron chi connectivity index (χ2n) is 3.77. The molecule has 0 saturated heterocycles. The Morgan fingerprint density at radius 3 is 2.00 bits per heavy atom. The first kappa shape index (κ1) is 14.5. The second kappa shape index (κ2) is 5.59. The van der Waals surface area contributed by atoms with Gasteiger partial charge in [0, 0.05) is 26.7 Å². The van der Waals surface area contributed by atoms with Crippen molar-refractivity contribution in [2.75, 3.05) is 0 Å². The molecule has 0 radical (unpaired) electrons. The third kappa shape index (κ3) is 2.82. The van der Waals surface area contributed by atoms with Crippen LogP contribution in [-0.2, 0) is 0 Å². The van der Waals surface area contributed by atoms with Gasteiger partial charge in [-0.05, 0) is 24.3 Å². The molecule has 0 saturated carbocycles. The highest BCUT2D eigenvalue weighted by Crippen LogP contribution is 2.41. The van der Waals surface area contributed by atoms with E-state index < -0.39 is 5.91 Å². The first-order valence-electron chi connectivity index (χ1n) is 5.15.